The van der Waals surface area contributed by atoms with Gasteiger partial charge in [-0.25, -0.2) is 12.8 Å². The maximum atomic E-state index is 13.4. The van der Waals surface area contributed by atoms with Gasteiger partial charge >= 0.3 is 6.18 Å². The standard InChI is InChI=1S/C18H22F4N2O3S/c19-16-6-5-14(12-15(16)18(20,21)22)28(26,27)24-9-7-23(8-10-24)17(25)11-13-3-1-2-4-13/h5-6,12-13H,1-4,7-11H2. The SMILES string of the molecule is O=C(CC1CCCC1)N1CCN(S(=O)(=O)c2ccc(F)c(C(F)(F)F)c2)CC1. The molecule has 1 heterocycles. The zero-order valence-electron chi connectivity index (χ0n) is 15.2. The average Bonchev–Trinajstić information content (AvgIpc) is 3.14. The fraction of sp³-hybridized carbons (Fsp3) is 0.611. The lowest BCUT2D eigenvalue weighted by Gasteiger charge is -2.34. The molecule has 10 heteroatoms. The van der Waals surface area contributed by atoms with E-state index < -0.39 is 32.5 Å². The summed E-state index contributed by atoms with van der Waals surface area (Å²) in [7, 11) is -4.20. The third kappa shape index (κ3) is 4.48. The van der Waals surface area contributed by atoms with Crippen LogP contribution in [-0.4, -0.2) is 49.7 Å². The number of carbonyl (C=O) groups is 1. The third-order valence-electron chi connectivity index (χ3n) is 5.41. The molecule has 1 aromatic rings. The molecule has 1 saturated carbocycles. The van der Waals surface area contributed by atoms with Crippen molar-refractivity contribution < 1.29 is 30.8 Å². The Labute approximate surface area is 161 Å². The van der Waals surface area contributed by atoms with Gasteiger partial charge in [-0.1, -0.05) is 12.8 Å². The van der Waals surface area contributed by atoms with Gasteiger partial charge in [0.2, 0.25) is 15.9 Å². The van der Waals surface area contributed by atoms with Crippen LogP contribution in [0.2, 0.25) is 0 Å². The second kappa shape index (κ2) is 7.98. The minimum Gasteiger partial charge on any atom is -0.340 e. The predicted octanol–water partition coefficient (Wildman–Crippen LogP) is 3.26. The lowest BCUT2D eigenvalue weighted by atomic mass is 10.0. The molecular formula is C18H22F4N2O3S. The minimum absolute atomic E-state index is 0.00251. The molecule has 0 bridgehead atoms. The molecule has 28 heavy (non-hydrogen) atoms. The molecular weight excluding hydrogens is 400 g/mol. The van der Waals surface area contributed by atoms with Crippen LogP contribution >= 0.6 is 0 Å². The second-order valence-electron chi connectivity index (χ2n) is 7.28. The minimum atomic E-state index is -4.99. The predicted molar refractivity (Wildman–Crippen MR) is 93.3 cm³/mol. The average molecular weight is 422 g/mol. The number of sulfonamides is 1. The number of hydrogen-bond donors (Lipinski definition) is 0. The Balaban J connectivity index is 1.67. The summed E-state index contributed by atoms with van der Waals surface area (Å²) in [6.45, 7) is 0.380. The van der Waals surface area contributed by atoms with Crippen molar-refractivity contribution in [3.05, 3.63) is 29.6 Å². The fourth-order valence-corrected chi connectivity index (χ4v) is 5.25. The van der Waals surface area contributed by atoms with E-state index in [1.54, 1.807) is 4.90 Å². The molecule has 5 nitrogen and oxygen atoms in total. The summed E-state index contributed by atoms with van der Waals surface area (Å²) < 4.78 is 78.4. The van der Waals surface area contributed by atoms with Crippen LogP contribution in [0.3, 0.4) is 0 Å². The molecule has 0 N–H and O–H groups in total. The number of amides is 1. The summed E-state index contributed by atoms with van der Waals surface area (Å²) in [6.07, 6.45) is -0.206. The number of benzene rings is 1. The van der Waals surface area contributed by atoms with E-state index in [4.69, 9.17) is 0 Å². The number of piperazine rings is 1. The highest BCUT2D eigenvalue weighted by Crippen LogP contribution is 2.33. The molecule has 2 fully saturated rings. The van der Waals surface area contributed by atoms with Gasteiger partial charge in [0.25, 0.3) is 0 Å². The van der Waals surface area contributed by atoms with Crippen molar-refractivity contribution in [3.63, 3.8) is 0 Å². The monoisotopic (exact) mass is 422 g/mol. The lowest BCUT2D eigenvalue weighted by molar-refractivity contribution is -0.140. The first kappa shape index (κ1) is 21.0. The fourth-order valence-electron chi connectivity index (χ4n) is 3.80. The second-order valence-corrected chi connectivity index (χ2v) is 9.22. The van der Waals surface area contributed by atoms with Crippen LogP contribution in [0.5, 0.6) is 0 Å². The smallest absolute Gasteiger partial charge is 0.340 e. The maximum Gasteiger partial charge on any atom is 0.419 e. The number of rotatable bonds is 4. The number of nitrogens with zero attached hydrogens (tertiary/aromatic N) is 2. The van der Waals surface area contributed by atoms with Crippen LogP contribution in [0.4, 0.5) is 17.6 Å². The number of alkyl halides is 3. The van der Waals surface area contributed by atoms with Crippen molar-refractivity contribution in [2.45, 2.75) is 43.2 Å². The number of carbonyl (C=O) groups excluding carboxylic acids is 1. The lowest BCUT2D eigenvalue weighted by Crippen LogP contribution is -2.50. The van der Waals surface area contributed by atoms with E-state index >= 15 is 0 Å². The molecule has 0 unspecified atom stereocenters. The van der Waals surface area contributed by atoms with Gasteiger partial charge in [-0.05, 0) is 37.0 Å². The van der Waals surface area contributed by atoms with Crippen LogP contribution in [0.25, 0.3) is 0 Å². The summed E-state index contributed by atoms with van der Waals surface area (Å²) in [5, 5.41) is 0. The van der Waals surface area contributed by atoms with Crippen LogP contribution in [0.15, 0.2) is 23.1 Å². The van der Waals surface area contributed by atoms with E-state index in [2.05, 4.69) is 0 Å². The van der Waals surface area contributed by atoms with Crippen molar-refractivity contribution in [1.29, 1.82) is 0 Å². The molecule has 0 spiro atoms. The van der Waals surface area contributed by atoms with Gasteiger partial charge in [0.1, 0.15) is 5.82 Å². The van der Waals surface area contributed by atoms with Crippen molar-refractivity contribution in [1.82, 2.24) is 9.21 Å². The molecule has 0 aromatic heterocycles. The van der Waals surface area contributed by atoms with Gasteiger partial charge in [-0.2, -0.15) is 17.5 Å². The van der Waals surface area contributed by atoms with Gasteiger partial charge in [-0.3, -0.25) is 4.79 Å². The van der Waals surface area contributed by atoms with Crippen LogP contribution < -0.4 is 0 Å². The van der Waals surface area contributed by atoms with Crippen molar-refractivity contribution in [3.8, 4) is 0 Å². The van der Waals surface area contributed by atoms with Crippen molar-refractivity contribution in [2.75, 3.05) is 26.2 Å². The third-order valence-corrected chi connectivity index (χ3v) is 7.31. The Morgan fingerprint density at radius 3 is 2.25 bits per heavy atom. The van der Waals surface area contributed by atoms with Gasteiger partial charge in [0, 0.05) is 32.6 Å². The number of hydrogen-bond acceptors (Lipinski definition) is 3. The molecule has 1 aliphatic heterocycles. The molecule has 1 saturated heterocycles. The van der Waals surface area contributed by atoms with Gasteiger partial charge in [0.15, 0.2) is 0 Å². The Kier molecular flexibility index (Phi) is 6.00. The molecule has 1 amide bonds. The van der Waals surface area contributed by atoms with Crippen LogP contribution in [0, 0.1) is 11.7 Å². The van der Waals surface area contributed by atoms with Gasteiger partial charge in [-0.15, -0.1) is 0 Å². The van der Waals surface area contributed by atoms with E-state index in [-0.39, 0.29) is 32.1 Å². The van der Waals surface area contributed by atoms with E-state index in [0.29, 0.717) is 24.5 Å². The first-order valence-electron chi connectivity index (χ1n) is 9.23. The molecule has 0 radical (unpaired) electrons. The normalized spacial score (nSPS) is 19.9. The zero-order valence-corrected chi connectivity index (χ0v) is 16.0. The largest absolute Gasteiger partial charge is 0.419 e. The van der Waals surface area contributed by atoms with Crippen molar-refractivity contribution in [2.24, 2.45) is 5.92 Å². The first-order valence-corrected chi connectivity index (χ1v) is 10.7. The molecule has 2 aliphatic rings. The topological polar surface area (TPSA) is 57.7 Å². The molecule has 1 aliphatic carbocycles. The van der Waals surface area contributed by atoms with E-state index in [9.17, 15) is 30.8 Å². The van der Waals surface area contributed by atoms with Crippen molar-refractivity contribution >= 4 is 15.9 Å². The highest BCUT2D eigenvalue weighted by molar-refractivity contribution is 7.89. The van der Waals surface area contributed by atoms with Gasteiger partial charge in [0.05, 0.1) is 10.5 Å². The van der Waals surface area contributed by atoms with E-state index in [0.717, 1.165) is 36.1 Å². The maximum absolute atomic E-state index is 13.4. The highest BCUT2D eigenvalue weighted by Gasteiger charge is 2.37. The Morgan fingerprint density at radius 2 is 1.68 bits per heavy atom. The molecule has 0 atom stereocenters. The Morgan fingerprint density at radius 1 is 1.07 bits per heavy atom. The summed E-state index contributed by atoms with van der Waals surface area (Å²) in [5.74, 6) is -1.15. The summed E-state index contributed by atoms with van der Waals surface area (Å²) in [6, 6.07) is 1.66. The molecule has 3 rings (SSSR count). The van der Waals surface area contributed by atoms with E-state index in [1.807, 2.05) is 0 Å². The van der Waals surface area contributed by atoms with Crippen LogP contribution in [-0.2, 0) is 21.0 Å². The number of halogens is 4. The Hall–Kier alpha value is -1.68. The van der Waals surface area contributed by atoms with E-state index in [1.165, 1.54) is 0 Å². The Bertz CT molecular complexity index is 828. The summed E-state index contributed by atoms with van der Waals surface area (Å²) in [5.41, 5.74) is -1.61. The zero-order chi connectivity index (χ0) is 20.5. The summed E-state index contributed by atoms with van der Waals surface area (Å²) >= 11 is 0. The molecule has 1 aromatic carbocycles. The molecule has 156 valence electrons. The van der Waals surface area contributed by atoms with Crippen LogP contribution in [0.1, 0.15) is 37.7 Å². The first-order chi connectivity index (χ1) is 13.1. The highest BCUT2D eigenvalue weighted by atomic mass is 32.2. The summed E-state index contributed by atoms with van der Waals surface area (Å²) in [4.78, 5) is 13.4. The van der Waals surface area contributed by atoms with Gasteiger partial charge < -0.3 is 4.90 Å². The quantitative estimate of drug-likeness (QED) is 0.700.